The third-order valence-corrected chi connectivity index (χ3v) is 9.62. The van der Waals surface area contributed by atoms with Crippen LogP contribution in [0.15, 0.2) is 48.6 Å². The van der Waals surface area contributed by atoms with Gasteiger partial charge in [0.1, 0.15) is 12.1 Å². The maximum absolute atomic E-state index is 12.8. The molecule has 0 aromatic rings. The Morgan fingerprint density at radius 3 is 1.57 bits per heavy atom. The van der Waals surface area contributed by atoms with Crippen LogP contribution < -0.4 is 11.1 Å². The van der Waals surface area contributed by atoms with E-state index in [1.54, 1.807) is 0 Å². The van der Waals surface area contributed by atoms with Gasteiger partial charge in [-0.25, -0.2) is 4.79 Å². The fourth-order valence-corrected chi connectivity index (χ4v) is 6.28. The van der Waals surface area contributed by atoms with Gasteiger partial charge in [-0.1, -0.05) is 133 Å². The van der Waals surface area contributed by atoms with E-state index >= 15 is 0 Å². The van der Waals surface area contributed by atoms with Gasteiger partial charge in [0.25, 0.3) is 0 Å². The lowest BCUT2D eigenvalue weighted by atomic mass is 10.0. The summed E-state index contributed by atoms with van der Waals surface area (Å²) in [6, 6.07) is -0.863. The molecular weight excluding hydrogens is 661 g/mol. The summed E-state index contributed by atoms with van der Waals surface area (Å²) >= 11 is 0. The van der Waals surface area contributed by atoms with Crippen molar-refractivity contribution < 1.29 is 24.2 Å². The number of nitrogens with two attached hydrogens (primary N) is 1. The molecule has 0 heterocycles. The Balaban J connectivity index is 4.38. The molecule has 2 unspecified atom stereocenters. The quantitative estimate of drug-likeness (QED) is 0.0328. The molecule has 0 radical (unpaired) electrons. The van der Waals surface area contributed by atoms with Crippen molar-refractivity contribution in [2.75, 3.05) is 6.54 Å². The first kappa shape index (κ1) is 50.3. The lowest BCUT2D eigenvalue weighted by Gasteiger charge is -2.18. The molecule has 0 saturated heterocycles. The summed E-state index contributed by atoms with van der Waals surface area (Å²) in [5.74, 6) is -1.28. The number of hydrogen-bond donors (Lipinski definition) is 3. The van der Waals surface area contributed by atoms with E-state index in [9.17, 15) is 19.5 Å². The second kappa shape index (κ2) is 40.5. The van der Waals surface area contributed by atoms with Gasteiger partial charge >= 0.3 is 11.9 Å². The molecule has 0 aromatic heterocycles. The van der Waals surface area contributed by atoms with Crippen molar-refractivity contribution in [2.24, 2.45) is 5.73 Å². The number of carboxylic acids is 1. The van der Waals surface area contributed by atoms with Gasteiger partial charge in [0.15, 0.2) is 0 Å². The molecule has 0 aliphatic rings. The Morgan fingerprint density at radius 1 is 0.547 bits per heavy atom. The number of carboxylic acid groups (broad SMARTS) is 1. The van der Waals surface area contributed by atoms with Crippen LogP contribution in [0.1, 0.15) is 206 Å². The smallest absolute Gasteiger partial charge is 0.326 e. The highest BCUT2D eigenvalue weighted by Gasteiger charge is 2.19. The standard InChI is InChI=1S/C46H82N2O5/c1-3-5-7-9-11-13-15-16-17-18-19-21-23-25-30-34-40-45(50)53-42(36-31-27-24-22-20-14-12-10-8-6-4-2)37-32-28-26-29-33-39-44(49)48-43(46(51)52)38-35-41-47/h12-15,17-18,22,24,42-43H,3-11,16,19-21,23,25-41,47H2,1-2H3,(H,48,49)(H,51,52)/b14-12-,15-13-,18-17-,24-22-. The van der Waals surface area contributed by atoms with Crippen LogP contribution in [-0.2, 0) is 19.1 Å². The van der Waals surface area contributed by atoms with Crippen molar-refractivity contribution >= 4 is 17.8 Å². The molecule has 0 saturated carbocycles. The maximum Gasteiger partial charge on any atom is 0.326 e. The van der Waals surface area contributed by atoms with E-state index in [4.69, 9.17) is 10.5 Å². The van der Waals surface area contributed by atoms with E-state index in [2.05, 4.69) is 67.8 Å². The van der Waals surface area contributed by atoms with Crippen molar-refractivity contribution in [3.05, 3.63) is 48.6 Å². The highest BCUT2D eigenvalue weighted by molar-refractivity contribution is 5.83. The zero-order valence-corrected chi connectivity index (χ0v) is 34.4. The van der Waals surface area contributed by atoms with Gasteiger partial charge in [-0.05, 0) is 116 Å². The van der Waals surface area contributed by atoms with Crippen molar-refractivity contribution in [1.29, 1.82) is 0 Å². The van der Waals surface area contributed by atoms with Crippen LogP contribution in [0.4, 0.5) is 0 Å². The van der Waals surface area contributed by atoms with Crippen LogP contribution in [0.5, 0.6) is 0 Å². The lowest BCUT2D eigenvalue weighted by Crippen LogP contribution is -2.40. The molecule has 0 aliphatic heterocycles. The van der Waals surface area contributed by atoms with Crippen LogP contribution >= 0.6 is 0 Å². The number of carbonyl (C=O) groups excluding carboxylic acids is 2. The molecule has 2 atom stereocenters. The number of amides is 1. The van der Waals surface area contributed by atoms with Gasteiger partial charge in [0, 0.05) is 12.8 Å². The number of carbonyl (C=O) groups is 3. The number of rotatable bonds is 39. The fraction of sp³-hybridized carbons (Fsp3) is 0.761. The summed E-state index contributed by atoms with van der Waals surface area (Å²) < 4.78 is 6.01. The van der Waals surface area contributed by atoms with Crippen LogP contribution in [-0.4, -0.2) is 41.6 Å². The van der Waals surface area contributed by atoms with Gasteiger partial charge in [-0.3, -0.25) is 9.59 Å². The number of nitrogens with one attached hydrogen (secondary N) is 1. The largest absolute Gasteiger partial charge is 0.480 e. The molecule has 4 N–H and O–H groups in total. The summed E-state index contributed by atoms with van der Waals surface area (Å²) in [5, 5.41) is 11.9. The zero-order valence-electron chi connectivity index (χ0n) is 34.4. The van der Waals surface area contributed by atoms with Crippen LogP contribution in [0.3, 0.4) is 0 Å². The molecule has 0 aromatic carbocycles. The third-order valence-electron chi connectivity index (χ3n) is 9.62. The Morgan fingerprint density at radius 2 is 1.00 bits per heavy atom. The molecule has 0 aliphatic carbocycles. The molecular formula is C46H82N2O5. The van der Waals surface area contributed by atoms with Crippen LogP contribution in [0.2, 0.25) is 0 Å². The average Bonchev–Trinajstić information content (AvgIpc) is 3.14. The summed E-state index contributed by atoms with van der Waals surface area (Å²) in [5.41, 5.74) is 5.48. The number of allylic oxidation sites excluding steroid dienone is 8. The fourth-order valence-electron chi connectivity index (χ4n) is 6.28. The first-order valence-electron chi connectivity index (χ1n) is 22.0. The van der Waals surface area contributed by atoms with Gasteiger partial charge in [0.2, 0.25) is 5.91 Å². The second-order valence-corrected chi connectivity index (χ2v) is 14.7. The predicted molar refractivity (Wildman–Crippen MR) is 225 cm³/mol. The van der Waals surface area contributed by atoms with Gasteiger partial charge < -0.3 is 20.9 Å². The Kier molecular flexibility index (Phi) is 38.5. The van der Waals surface area contributed by atoms with Gasteiger partial charge in [0.05, 0.1) is 0 Å². The highest BCUT2D eigenvalue weighted by atomic mass is 16.5. The molecule has 1 amide bonds. The predicted octanol–water partition coefficient (Wildman–Crippen LogP) is 12.4. The SMILES string of the molecule is CCCCC/C=C\C/C=C\CCCC(CCCCCCCC(=O)NC(CCCN)C(=O)O)OC(=O)CCCCCCC/C=C\C/C=C\CCCCCC. The van der Waals surface area contributed by atoms with E-state index in [1.165, 1.54) is 77.0 Å². The Bertz CT molecular complexity index is 973. The van der Waals surface area contributed by atoms with Crippen molar-refractivity contribution in [3.8, 4) is 0 Å². The number of ether oxygens (including phenoxy) is 1. The summed E-state index contributed by atoms with van der Waals surface area (Å²) in [6.07, 6.45) is 48.6. The summed E-state index contributed by atoms with van der Waals surface area (Å²) in [6.45, 7) is 4.89. The number of hydrogen-bond acceptors (Lipinski definition) is 5. The topological polar surface area (TPSA) is 119 Å². The zero-order chi connectivity index (χ0) is 38.9. The van der Waals surface area contributed by atoms with Crippen LogP contribution in [0.25, 0.3) is 0 Å². The number of unbranched alkanes of at least 4 members (excludes halogenated alkanes) is 17. The van der Waals surface area contributed by atoms with Crippen molar-refractivity contribution in [2.45, 2.75) is 219 Å². The van der Waals surface area contributed by atoms with Crippen molar-refractivity contribution in [3.63, 3.8) is 0 Å². The molecule has 0 spiro atoms. The minimum Gasteiger partial charge on any atom is -0.480 e. The minimum atomic E-state index is -1.01. The van der Waals surface area contributed by atoms with Gasteiger partial charge in [-0.15, -0.1) is 0 Å². The van der Waals surface area contributed by atoms with E-state index < -0.39 is 12.0 Å². The summed E-state index contributed by atoms with van der Waals surface area (Å²) in [4.78, 5) is 36.3. The molecule has 306 valence electrons. The minimum absolute atomic E-state index is 0.0377. The maximum atomic E-state index is 12.8. The van der Waals surface area contributed by atoms with Gasteiger partial charge in [-0.2, -0.15) is 0 Å². The molecule has 7 heteroatoms. The highest BCUT2D eigenvalue weighted by Crippen LogP contribution is 2.18. The monoisotopic (exact) mass is 743 g/mol. The number of aliphatic carboxylic acids is 1. The summed E-state index contributed by atoms with van der Waals surface area (Å²) in [7, 11) is 0. The van der Waals surface area contributed by atoms with Crippen LogP contribution in [0, 0.1) is 0 Å². The Labute approximate surface area is 326 Å². The molecule has 0 rings (SSSR count). The molecule has 0 fully saturated rings. The lowest BCUT2D eigenvalue weighted by molar-refractivity contribution is -0.150. The molecule has 7 nitrogen and oxygen atoms in total. The third kappa shape index (κ3) is 37.4. The molecule has 0 bridgehead atoms. The normalized spacial score (nSPS) is 13.1. The first-order chi connectivity index (χ1) is 25.9. The van der Waals surface area contributed by atoms with E-state index in [-0.39, 0.29) is 18.0 Å². The molecule has 53 heavy (non-hydrogen) atoms. The average molecular weight is 743 g/mol. The number of esters is 1. The van der Waals surface area contributed by atoms with E-state index in [0.29, 0.717) is 32.2 Å². The van der Waals surface area contributed by atoms with E-state index in [0.717, 1.165) is 89.9 Å². The van der Waals surface area contributed by atoms with E-state index in [1.807, 2.05) is 0 Å². The van der Waals surface area contributed by atoms with Crippen molar-refractivity contribution in [1.82, 2.24) is 5.32 Å². The Hall–Kier alpha value is -2.67. The second-order valence-electron chi connectivity index (χ2n) is 14.7. The first-order valence-corrected chi connectivity index (χ1v) is 22.0.